The van der Waals surface area contributed by atoms with E-state index < -0.39 is 0 Å². The van der Waals surface area contributed by atoms with E-state index in [0.29, 0.717) is 6.54 Å². The lowest BCUT2D eigenvalue weighted by atomic mass is 10.2. The SMILES string of the molecule is NCc1cnoc1CCN1CCCC1. The molecule has 1 aliphatic rings. The van der Waals surface area contributed by atoms with Crippen LogP contribution in [0.2, 0.25) is 0 Å². The molecule has 4 nitrogen and oxygen atoms in total. The van der Waals surface area contributed by atoms with Crippen molar-refractivity contribution in [1.29, 1.82) is 0 Å². The number of nitrogens with two attached hydrogens (primary N) is 1. The molecule has 1 aromatic rings. The molecule has 1 saturated heterocycles. The summed E-state index contributed by atoms with van der Waals surface area (Å²) in [7, 11) is 0. The van der Waals surface area contributed by atoms with Crippen LogP contribution < -0.4 is 5.73 Å². The van der Waals surface area contributed by atoms with Gasteiger partial charge in [0.1, 0.15) is 5.76 Å². The quantitative estimate of drug-likeness (QED) is 0.771. The highest BCUT2D eigenvalue weighted by Gasteiger charge is 2.13. The van der Waals surface area contributed by atoms with Crippen molar-refractivity contribution in [1.82, 2.24) is 10.1 Å². The first-order valence-corrected chi connectivity index (χ1v) is 5.25. The van der Waals surface area contributed by atoms with Crippen LogP contribution in [-0.2, 0) is 13.0 Å². The number of hydrogen-bond acceptors (Lipinski definition) is 4. The molecule has 0 atom stereocenters. The molecule has 2 rings (SSSR count). The van der Waals surface area contributed by atoms with Crippen molar-refractivity contribution in [3.63, 3.8) is 0 Å². The molecule has 14 heavy (non-hydrogen) atoms. The fourth-order valence-corrected chi connectivity index (χ4v) is 1.92. The van der Waals surface area contributed by atoms with Gasteiger partial charge in [0.05, 0.1) is 6.20 Å². The van der Waals surface area contributed by atoms with Crippen LogP contribution in [0.1, 0.15) is 24.2 Å². The molecule has 0 bridgehead atoms. The molecule has 78 valence electrons. The fraction of sp³-hybridized carbons (Fsp3) is 0.700. The largest absolute Gasteiger partial charge is 0.361 e. The van der Waals surface area contributed by atoms with Crippen LogP contribution in [0, 0.1) is 0 Å². The van der Waals surface area contributed by atoms with Gasteiger partial charge in [-0.25, -0.2) is 0 Å². The lowest BCUT2D eigenvalue weighted by molar-refractivity contribution is 0.314. The van der Waals surface area contributed by atoms with Crippen molar-refractivity contribution in [3.8, 4) is 0 Å². The topological polar surface area (TPSA) is 55.3 Å². The van der Waals surface area contributed by atoms with Gasteiger partial charge in [-0.05, 0) is 25.9 Å². The van der Waals surface area contributed by atoms with E-state index in [9.17, 15) is 0 Å². The Morgan fingerprint density at radius 2 is 2.21 bits per heavy atom. The molecule has 4 heteroatoms. The van der Waals surface area contributed by atoms with Gasteiger partial charge in [0.25, 0.3) is 0 Å². The van der Waals surface area contributed by atoms with Gasteiger partial charge in [0, 0.05) is 25.1 Å². The number of likely N-dealkylation sites (tertiary alicyclic amines) is 1. The van der Waals surface area contributed by atoms with E-state index in [1.165, 1.54) is 25.9 Å². The average molecular weight is 195 g/mol. The summed E-state index contributed by atoms with van der Waals surface area (Å²) in [5, 5.41) is 3.76. The lowest BCUT2D eigenvalue weighted by Crippen LogP contribution is -2.22. The standard InChI is InChI=1S/C10H17N3O/c11-7-9-8-12-14-10(9)3-6-13-4-1-2-5-13/h8H,1-7,11H2. The number of aromatic nitrogens is 1. The van der Waals surface area contributed by atoms with E-state index in [-0.39, 0.29) is 0 Å². The average Bonchev–Trinajstić information content (AvgIpc) is 2.85. The second-order valence-electron chi connectivity index (χ2n) is 3.78. The lowest BCUT2D eigenvalue weighted by Gasteiger charge is -2.12. The van der Waals surface area contributed by atoms with Crippen molar-refractivity contribution >= 4 is 0 Å². The third-order valence-corrected chi connectivity index (χ3v) is 2.80. The summed E-state index contributed by atoms with van der Waals surface area (Å²) >= 11 is 0. The molecule has 1 aromatic heterocycles. The Kier molecular flexibility index (Phi) is 3.16. The van der Waals surface area contributed by atoms with E-state index in [2.05, 4.69) is 10.1 Å². The molecule has 1 aliphatic heterocycles. The van der Waals surface area contributed by atoms with Crippen LogP contribution in [0.25, 0.3) is 0 Å². The number of rotatable bonds is 4. The molecular weight excluding hydrogens is 178 g/mol. The predicted molar refractivity (Wildman–Crippen MR) is 53.8 cm³/mol. The monoisotopic (exact) mass is 195 g/mol. The number of hydrogen-bond donors (Lipinski definition) is 1. The molecule has 1 fully saturated rings. The van der Waals surface area contributed by atoms with Gasteiger partial charge in [0.15, 0.2) is 0 Å². The van der Waals surface area contributed by atoms with Gasteiger partial charge >= 0.3 is 0 Å². The molecule has 2 N–H and O–H groups in total. The molecule has 0 aromatic carbocycles. The van der Waals surface area contributed by atoms with Gasteiger partial charge in [-0.2, -0.15) is 0 Å². The third-order valence-electron chi connectivity index (χ3n) is 2.80. The zero-order valence-corrected chi connectivity index (χ0v) is 8.41. The van der Waals surface area contributed by atoms with Crippen LogP contribution >= 0.6 is 0 Å². The third kappa shape index (κ3) is 2.13. The fourth-order valence-electron chi connectivity index (χ4n) is 1.92. The van der Waals surface area contributed by atoms with Crippen LogP contribution in [0.5, 0.6) is 0 Å². The zero-order chi connectivity index (χ0) is 9.80. The Labute approximate surface area is 84.0 Å². The maximum atomic E-state index is 5.57. The first kappa shape index (κ1) is 9.68. The van der Waals surface area contributed by atoms with Gasteiger partial charge in [-0.1, -0.05) is 5.16 Å². The first-order valence-electron chi connectivity index (χ1n) is 5.25. The van der Waals surface area contributed by atoms with Crippen molar-refractivity contribution in [2.45, 2.75) is 25.8 Å². The van der Waals surface area contributed by atoms with Gasteiger partial charge in [-0.3, -0.25) is 0 Å². The molecule has 0 amide bonds. The smallest absolute Gasteiger partial charge is 0.142 e. The van der Waals surface area contributed by atoms with Crippen LogP contribution in [-0.4, -0.2) is 29.7 Å². The van der Waals surface area contributed by atoms with Crippen molar-refractivity contribution < 1.29 is 4.52 Å². The highest BCUT2D eigenvalue weighted by Crippen LogP contribution is 2.11. The molecule has 0 saturated carbocycles. The van der Waals surface area contributed by atoms with Crippen LogP contribution in [0.15, 0.2) is 10.7 Å². The van der Waals surface area contributed by atoms with Crippen LogP contribution in [0.3, 0.4) is 0 Å². The minimum absolute atomic E-state index is 0.527. The summed E-state index contributed by atoms with van der Waals surface area (Å²) in [5.41, 5.74) is 6.61. The summed E-state index contributed by atoms with van der Waals surface area (Å²) in [5.74, 6) is 0.958. The van der Waals surface area contributed by atoms with Crippen molar-refractivity contribution in [2.24, 2.45) is 5.73 Å². The summed E-state index contributed by atoms with van der Waals surface area (Å²) in [6.45, 7) is 4.05. The Morgan fingerprint density at radius 1 is 1.43 bits per heavy atom. The second-order valence-corrected chi connectivity index (χ2v) is 3.78. The van der Waals surface area contributed by atoms with E-state index >= 15 is 0 Å². The molecule has 2 heterocycles. The van der Waals surface area contributed by atoms with Crippen LogP contribution in [0.4, 0.5) is 0 Å². The Bertz CT molecular complexity index is 279. The van der Waals surface area contributed by atoms with Crippen molar-refractivity contribution in [3.05, 3.63) is 17.5 Å². The van der Waals surface area contributed by atoms with E-state index in [1.807, 2.05) is 0 Å². The number of nitrogens with zero attached hydrogens (tertiary/aromatic N) is 2. The minimum Gasteiger partial charge on any atom is -0.361 e. The molecule has 0 aliphatic carbocycles. The molecule has 0 radical (unpaired) electrons. The minimum atomic E-state index is 0.527. The molecule has 0 unspecified atom stereocenters. The highest BCUT2D eigenvalue weighted by atomic mass is 16.5. The molecular formula is C10H17N3O. The van der Waals surface area contributed by atoms with Gasteiger partial charge in [0.2, 0.25) is 0 Å². The maximum absolute atomic E-state index is 5.57. The van der Waals surface area contributed by atoms with E-state index in [4.69, 9.17) is 10.3 Å². The Balaban J connectivity index is 1.84. The second kappa shape index (κ2) is 4.57. The maximum Gasteiger partial charge on any atom is 0.142 e. The van der Waals surface area contributed by atoms with Gasteiger partial charge < -0.3 is 15.2 Å². The Morgan fingerprint density at radius 3 is 2.93 bits per heavy atom. The zero-order valence-electron chi connectivity index (χ0n) is 8.41. The normalized spacial score (nSPS) is 17.8. The highest BCUT2D eigenvalue weighted by molar-refractivity contribution is 5.13. The van der Waals surface area contributed by atoms with E-state index in [1.54, 1.807) is 6.20 Å². The first-order chi connectivity index (χ1) is 6.90. The van der Waals surface area contributed by atoms with Gasteiger partial charge in [-0.15, -0.1) is 0 Å². The summed E-state index contributed by atoms with van der Waals surface area (Å²) in [6.07, 6.45) is 5.33. The summed E-state index contributed by atoms with van der Waals surface area (Å²) in [6, 6.07) is 0. The predicted octanol–water partition coefficient (Wildman–Crippen LogP) is 0.772. The van der Waals surface area contributed by atoms with Crippen molar-refractivity contribution in [2.75, 3.05) is 19.6 Å². The Hall–Kier alpha value is -0.870. The van der Waals surface area contributed by atoms with E-state index in [0.717, 1.165) is 24.3 Å². The summed E-state index contributed by atoms with van der Waals surface area (Å²) < 4.78 is 5.16. The summed E-state index contributed by atoms with van der Waals surface area (Å²) in [4.78, 5) is 2.46. The molecule has 0 spiro atoms.